The van der Waals surface area contributed by atoms with Gasteiger partial charge in [0.25, 0.3) is 0 Å². The molecular formula is C11H16N. The molecule has 2 N–H and O–H groups in total. The topological polar surface area (TPSA) is 26.0 Å². The van der Waals surface area contributed by atoms with E-state index < -0.39 is 0 Å². The maximum atomic E-state index is 5.79. The molecule has 65 valence electrons. The van der Waals surface area contributed by atoms with Gasteiger partial charge in [0, 0.05) is 5.69 Å². The Kier molecular flexibility index (Phi) is 3.65. The highest BCUT2D eigenvalue weighted by atomic mass is 14.6. The van der Waals surface area contributed by atoms with Gasteiger partial charge in [0.1, 0.15) is 0 Å². The summed E-state index contributed by atoms with van der Waals surface area (Å²) in [5.74, 6) is 0. The van der Waals surface area contributed by atoms with Gasteiger partial charge in [-0.25, -0.2) is 0 Å². The van der Waals surface area contributed by atoms with Gasteiger partial charge in [0.2, 0.25) is 0 Å². The third-order valence-electron chi connectivity index (χ3n) is 1.99. The van der Waals surface area contributed by atoms with Crippen LogP contribution < -0.4 is 5.73 Å². The van der Waals surface area contributed by atoms with Crippen molar-refractivity contribution in [3.05, 3.63) is 36.2 Å². The Balaban J connectivity index is 2.46. The van der Waals surface area contributed by atoms with E-state index >= 15 is 0 Å². The third-order valence-corrected chi connectivity index (χ3v) is 1.99. The van der Waals surface area contributed by atoms with Crippen molar-refractivity contribution < 1.29 is 0 Å². The monoisotopic (exact) mass is 162 g/mol. The molecule has 0 fully saturated rings. The average Bonchev–Trinajstić information content (AvgIpc) is 2.09. The first-order chi connectivity index (χ1) is 5.84. The summed E-state index contributed by atoms with van der Waals surface area (Å²) in [4.78, 5) is 0. The summed E-state index contributed by atoms with van der Waals surface area (Å²) in [6.45, 7) is 2.09. The lowest BCUT2D eigenvalue weighted by Gasteiger charge is -2.03. The molecule has 1 heteroatoms. The number of hydrogen-bond acceptors (Lipinski definition) is 1. The third kappa shape index (κ3) is 2.57. The standard InChI is InChI=1S/C11H16N/c1-2-3-4-7-10-8-5-6-9-11(10)12/h2,5-6,8-9H,3-4,7,12H2,1H3. The second-order valence-electron chi connectivity index (χ2n) is 3.00. The van der Waals surface area contributed by atoms with Gasteiger partial charge < -0.3 is 5.73 Å². The molecule has 0 heterocycles. The van der Waals surface area contributed by atoms with E-state index in [-0.39, 0.29) is 0 Å². The number of anilines is 1. The van der Waals surface area contributed by atoms with Gasteiger partial charge in [-0.2, -0.15) is 0 Å². The molecule has 0 amide bonds. The molecule has 0 spiro atoms. The van der Waals surface area contributed by atoms with E-state index in [2.05, 4.69) is 19.4 Å². The molecule has 0 saturated carbocycles. The lowest BCUT2D eigenvalue weighted by Crippen LogP contribution is -1.93. The number of aryl methyl sites for hydroxylation is 1. The van der Waals surface area contributed by atoms with Crippen molar-refractivity contribution in [3.63, 3.8) is 0 Å². The van der Waals surface area contributed by atoms with Crippen LogP contribution in [0.4, 0.5) is 5.69 Å². The predicted octanol–water partition coefficient (Wildman–Crippen LogP) is 2.82. The molecule has 0 aliphatic rings. The number of nitrogen functional groups attached to an aromatic ring is 1. The first-order valence-electron chi connectivity index (χ1n) is 4.46. The molecule has 0 aliphatic carbocycles. The number of benzene rings is 1. The molecule has 12 heavy (non-hydrogen) atoms. The fourth-order valence-corrected chi connectivity index (χ4v) is 1.26. The Hall–Kier alpha value is -0.980. The maximum absolute atomic E-state index is 5.79. The van der Waals surface area contributed by atoms with Crippen molar-refractivity contribution in [1.29, 1.82) is 0 Å². The lowest BCUT2D eigenvalue weighted by molar-refractivity contribution is 0.809. The SMILES string of the molecule is C[CH]CCCc1ccccc1N. The molecular weight excluding hydrogens is 146 g/mol. The number of hydrogen-bond donors (Lipinski definition) is 1. The summed E-state index contributed by atoms with van der Waals surface area (Å²) in [5.41, 5.74) is 7.99. The maximum Gasteiger partial charge on any atom is 0.0346 e. The van der Waals surface area contributed by atoms with Gasteiger partial charge >= 0.3 is 0 Å². The van der Waals surface area contributed by atoms with E-state index in [1.54, 1.807) is 0 Å². The Morgan fingerprint density at radius 2 is 2.08 bits per heavy atom. The summed E-state index contributed by atoms with van der Waals surface area (Å²) in [7, 11) is 0. The molecule has 0 saturated heterocycles. The van der Waals surface area contributed by atoms with E-state index in [0.29, 0.717) is 0 Å². The van der Waals surface area contributed by atoms with Crippen LogP contribution in [0, 0.1) is 6.42 Å². The van der Waals surface area contributed by atoms with E-state index in [4.69, 9.17) is 5.73 Å². The Morgan fingerprint density at radius 3 is 2.75 bits per heavy atom. The molecule has 0 aromatic heterocycles. The average molecular weight is 162 g/mol. The molecule has 0 bridgehead atoms. The van der Waals surface area contributed by atoms with E-state index in [9.17, 15) is 0 Å². The van der Waals surface area contributed by atoms with Crippen molar-refractivity contribution in [2.24, 2.45) is 0 Å². The summed E-state index contributed by atoms with van der Waals surface area (Å²) >= 11 is 0. The molecule has 1 aromatic rings. The van der Waals surface area contributed by atoms with Crippen molar-refractivity contribution in [1.82, 2.24) is 0 Å². The fraction of sp³-hybridized carbons (Fsp3) is 0.364. The molecule has 0 aliphatic heterocycles. The second-order valence-corrected chi connectivity index (χ2v) is 3.00. The van der Waals surface area contributed by atoms with Gasteiger partial charge in [0.05, 0.1) is 0 Å². The minimum absolute atomic E-state index is 0.925. The van der Waals surface area contributed by atoms with Crippen LogP contribution in [0.1, 0.15) is 25.3 Å². The van der Waals surface area contributed by atoms with E-state index in [0.717, 1.165) is 12.1 Å². The van der Waals surface area contributed by atoms with Crippen LogP contribution in [0.15, 0.2) is 24.3 Å². The summed E-state index contributed by atoms with van der Waals surface area (Å²) in [6.07, 6.45) is 5.66. The highest BCUT2D eigenvalue weighted by molar-refractivity contribution is 5.46. The van der Waals surface area contributed by atoms with Crippen LogP contribution in [0.25, 0.3) is 0 Å². The number of nitrogens with two attached hydrogens (primary N) is 1. The van der Waals surface area contributed by atoms with Gasteiger partial charge in [0.15, 0.2) is 0 Å². The van der Waals surface area contributed by atoms with Crippen LogP contribution in [-0.4, -0.2) is 0 Å². The summed E-state index contributed by atoms with van der Waals surface area (Å²) < 4.78 is 0. The van der Waals surface area contributed by atoms with E-state index in [1.165, 1.54) is 18.4 Å². The number of unbranched alkanes of at least 4 members (excludes halogenated alkanes) is 2. The van der Waals surface area contributed by atoms with Gasteiger partial charge in [-0.15, -0.1) is 0 Å². The quantitative estimate of drug-likeness (QED) is 0.534. The number of rotatable bonds is 4. The van der Waals surface area contributed by atoms with Crippen molar-refractivity contribution in [3.8, 4) is 0 Å². The van der Waals surface area contributed by atoms with Crippen molar-refractivity contribution in [2.45, 2.75) is 26.2 Å². The van der Waals surface area contributed by atoms with Crippen LogP contribution in [0.3, 0.4) is 0 Å². The van der Waals surface area contributed by atoms with Gasteiger partial charge in [-0.3, -0.25) is 0 Å². The summed E-state index contributed by atoms with van der Waals surface area (Å²) in [6, 6.07) is 8.09. The van der Waals surface area contributed by atoms with Crippen molar-refractivity contribution >= 4 is 5.69 Å². The molecule has 1 rings (SSSR count). The number of para-hydroxylation sites is 1. The highest BCUT2D eigenvalue weighted by Gasteiger charge is 1.95. The zero-order valence-electron chi connectivity index (χ0n) is 7.59. The lowest BCUT2D eigenvalue weighted by atomic mass is 10.1. The zero-order chi connectivity index (χ0) is 8.81. The smallest absolute Gasteiger partial charge is 0.0346 e. The van der Waals surface area contributed by atoms with Crippen molar-refractivity contribution in [2.75, 3.05) is 5.73 Å². The minimum Gasteiger partial charge on any atom is -0.399 e. The van der Waals surface area contributed by atoms with Gasteiger partial charge in [-0.1, -0.05) is 31.5 Å². The first-order valence-corrected chi connectivity index (χ1v) is 4.46. The fourth-order valence-electron chi connectivity index (χ4n) is 1.26. The van der Waals surface area contributed by atoms with E-state index in [1.807, 2.05) is 18.2 Å². The Morgan fingerprint density at radius 1 is 1.33 bits per heavy atom. The normalized spacial score (nSPS) is 10.1. The Labute approximate surface area is 74.6 Å². The van der Waals surface area contributed by atoms with Crippen LogP contribution in [-0.2, 0) is 6.42 Å². The first kappa shape index (κ1) is 9.11. The molecule has 1 radical (unpaired) electrons. The largest absolute Gasteiger partial charge is 0.399 e. The molecule has 1 nitrogen and oxygen atoms in total. The molecule has 0 atom stereocenters. The molecule has 0 unspecified atom stereocenters. The molecule has 1 aromatic carbocycles. The predicted molar refractivity (Wildman–Crippen MR) is 53.8 cm³/mol. The van der Waals surface area contributed by atoms with Gasteiger partial charge in [-0.05, 0) is 30.9 Å². The second kappa shape index (κ2) is 4.81. The minimum atomic E-state index is 0.925. The van der Waals surface area contributed by atoms with Crippen LogP contribution in [0.2, 0.25) is 0 Å². The Bertz CT molecular complexity index is 230. The van der Waals surface area contributed by atoms with Crippen LogP contribution >= 0.6 is 0 Å². The van der Waals surface area contributed by atoms with Crippen LogP contribution in [0.5, 0.6) is 0 Å². The zero-order valence-corrected chi connectivity index (χ0v) is 7.59. The highest BCUT2D eigenvalue weighted by Crippen LogP contribution is 2.13. The summed E-state index contributed by atoms with van der Waals surface area (Å²) in [5, 5.41) is 0.